The van der Waals surface area contributed by atoms with E-state index in [4.69, 9.17) is 9.47 Å². The zero-order valence-electron chi connectivity index (χ0n) is 16.2. The summed E-state index contributed by atoms with van der Waals surface area (Å²) < 4.78 is 12.9. The maximum Gasteiger partial charge on any atom is 0.334 e. The van der Waals surface area contributed by atoms with Gasteiger partial charge in [-0.05, 0) is 38.5 Å². The van der Waals surface area contributed by atoms with Gasteiger partial charge in [-0.2, -0.15) is 0 Å². The highest BCUT2D eigenvalue weighted by molar-refractivity contribution is 6.09. The molecule has 1 aliphatic rings. The molecule has 1 aromatic heterocycles. The van der Waals surface area contributed by atoms with Crippen molar-refractivity contribution >= 4 is 22.8 Å². The number of benzene rings is 1. The van der Waals surface area contributed by atoms with Crippen LogP contribution in [0.1, 0.15) is 36.3 Å². The second-order valence-electron chi connectivity index (χ2n) is 6.98. The third-order valence-electron chi connectivity index (χ3n) is 5.01. The van der Waals surface area contributed by atoms with Gasteiger partial charge in [0.15, 0.2) is 6.10 Å². The number of aromatic nitrogens is 1. The predicted octanol–water partition coefficient (Wildman–Crippen LogP) is 2.68. The SMILES string of the molecule is CCCn1c(C)c(C(=O)N2CC(C(=O)O)O[C@H](C)C2)c2cc(OC)ccc21. The number of ether oxygens (including phenoxy) is 2. The van der Waals surface area contributed by atoms with Gasteiger partial charge in [-0.15, -0.1) is 0 Å². The van der Waals surface area contributed by atoms with Gasteiger partial charge in [-0.1, -0.05) is 6.92 Å². The Balaban J connectivity index is 2.07. The Labute approximate surface area is 158 Å². The summed E-state index contributed by atoms with van der Waals surface area (Å²) in [4.78, 5) is 26.3. The monoisotopic (exact) mass is 374 g/mol. The van der Waals surface area contributed by atoms with E-state index in [1.807, 2.05) is 25.1 Å². The van der Waals surface area contributed by atoms with E-state index in [9.17, 15) is 14.7 Å². The van der Waals surface area contributed by atoms with Crippen LogP contribution in [-0.4, -0.2) is 58.9 Å². The summed E-state index contributed by atoms with van der Waals surface area (Å²) in [5.41, 5.74) is 2.47. The highest BCUT2D eigenvalue weighted by Gasteiger charge is 2.34. The van der Waals surface area contributed by atoms with Crippen molar-refractivity contribution in [2.24, 2.45) is 0 Å². The molecular weight excluding hydrogens is 348 g/mol. The molecule has 146 valence electrons. The minimum Gasteiger partial charge on any atom is -0.497 e. The molecule has 2 aromatic rings. The number of carbonyl (C=O) groups is 2. The summed E-state index contributed by atoms with van der Waals surface area (Å²) in [6.07, 6.45) is -0.390. The number of hydrogen-bond acceptors (Lipinski definition) is 4. The Kier molecular flexibility index (Phi) is 5.41. The lowest BCUT2D eigenvalue weighted by molar-refractivity contribution is -0.160. The van der Waals surface area contributed by atoms with Gasteiger partial charge in [0.25, 0.3) is 5.91 Å². The van der Waals surface area contributed by atoms with Gasteiger partial charge >= 0.3 is 5.97 Å². The molecule has 27 heavy (non-hydrogen) atoms. The molecule has 1 unspecified atom stereocenters. The summed E-state index contributed by atoms with van der Waals surface area (Å²) in [7, 11) is 1.60. The summed E-state index contributed by atoms with van der Waals surface area (Å²) in [6, 6.07) is 5.73. The molecule has 7 heteroatoms. The van der Waals surface area contributed by atoms with Crippen LogP contribution in [0, 0.1) is 6.92 Å². The van der Waals surface area contributed by atoms with Crippen LogP contribution in [0.3, 0.4) is 0 Å². The zero-order chi connectivity index (χ0) is 19.7. The number of carboxylic acids is 1. The fraction of sp³-hybridized carbons (Fsp3) is 0.500. The summed E-state index contributed by atoms with van der Waals surface area (Å²) >= 11 is 0. The van der Waals surface area contributed by atoms with Crippen LogP contribution in [0.2, 0.25) is 0 Å². The van der Waals surface area contributed by atoms with Crippen LogP contribution in [0.15, 0.2) is 18.2 Å². The molecule has 2 heterocycles. The minimum absolute atomic E-state index is 0.0440. The molecule has 0 bridgehead atoms. The Morgan fingerprint density at radius 3 is 2.70 bits per heavy atom. The van der Waals surface area contributed by atoms with Gasteiger partial charge in [0.1, 0.15) is 5.75 Å². The first kappa shape index (κ1) is 19.2. The van der Waals surface area contributed by atoms with Crippen LogP contribution < -0.4 is 4.74 Å². The molecule has 0 radical (unpaired) electrons. The predicted molar refractivity (Wildman–Crippen MR) is 101 cm³/mol. The number of aliphatic carboxylic acids is 1. The van der Waals surface area contributed by atoms with Gasteiger partial charge in [-0.25, -0.2) is 4.79 Å². The zero-order valence-corrected chi connectivity index (χ0v) is 16.2. The fourth-order valence-electron chi connectivity index (χ4n) is 3.78. The summed E-state index contributed by atoms with van der Waals surface area (Å²) in [6.45, 7) is 7.03. The molecule has 1 fully saturated rings. The molecule has 7 nitrogen and oxygen atoms in total. The third kappa shape index (κ3) is 3.51. The highest BCUT2D eigenvalue weighted by atomic mass is 16.5. The Morgan fingerprint density at radius 2 is 2.07 bits per heavy atom. The number of nitrogens with zero attached hydrogens (tertiary/aromatic N) is 2. The molecule has 1 aromatic carbocycles. The Morgan fingerprint density at radius 1 is 1.33 bits per heavy atom. The van der Waals surface area contributed by atoms with Crippen LogP contribution in [-0.2, 0) is 16.1 Å². The van der Waals surface area contributed by atoms with Gasteiger partial charge in [0.2, 0.25) is 0 Å². The van der Waals surface area contributed by atoms with E-state index in [1.165, 1.54) is 0 Å². The fourth-order valence-corrected chi connectivity index (χ4v) is 3.78. The highest BCUT2D eigenvalue weighted by Crippen LogP contribution is 2.31. The standard InChI is InChI=1S/C20H26N2O5/c1-5-8-22-13(3)18(15-9-14(26-4)6-7-16(15)22)19(23)21-10-12(2)27-17(11-21)20(24)25/h6-7,9,12,17H,5,8,10-11H2,1-4H3,(H,24,25)/t12-,17?/m1/s1. The molecular formula is C20H26N2O5. The maximum absolute atomic E-state index is 13.4. The number of carboxylic acid groups (broad SMARTS) is 1. The molecule has 0 aliphatic carbocycles. The second kappa shape index (κ2) is 7.60. The van der Waals surface area contributed by atoms with Crippen molar-refractivity contribution in [1.29, 1.82) is 0 Å². The lowest BCUT2D eigenvalue weighted by atomic mass is 10.1. The van der Waals surface area contributed by atoms with E-state index >= 15 is 0 Å². The van der Waals surface area contributed by atoms with E-state index in [0.29, 0.717) is 17.9 Å². The van der Waals surface area contributed by atoms with E-state index in [-0.39, 0.29) is 18.6 Å². The normalized spacial score (nSPS) is 20.1. The van der Waals surface area contributed by atoms with Crippen molar-refractivity contribution in [2.75, 3.05) is 20.2 Å². The Bertz CT molecular complexity index is 873. The number of fused-ring (bicyclic) bond motifs is 1. The van der Waals surface area contributed by atoms with Crippen molar-refractivity contribution in [1.82, 2.24) is 9.47 Å². The third-order valence-corrected chi connectivity index (χ3v) is 5.01. The first-order valence-electron chi connectivity index (χ1n) is 9.21. The molecule has 3 rings (SSSR count). The molecule has 1 N–H and O–H groups in total. The minimum atomic E-state index is -1.05. The Hall–Kier alpha value is -2.54. The average molecular weight is 374 g/mol. The number of hydrogen-bond donors (Lipinski definition) is 1. The largest absolute Gasteiger partial charge is 0.497 e. The smallest absolute Gasteiger partial charge is 0.334 e. The van der Waals surface area contributed by atoms with Crippen LogP contribution in [0.5, 0.6) is 5.75 Å². The number of methoxy groups -OCH3 is 1. The van der Waals surface area contributed by atoms with Crippen molar-refractivity contribution in [3.63, 3.8) is 0 Å². The molecule has 1 amide bonds. The molecule has 2 atom stereocenters. The van der Waals surface area contributed by atoms with E-state index in [1.54, 1.807) is 18.9 Å². The lowest BCUT2D eigenvalue weighted by Crippen LogP contribution is -2.51. The van der Waals surface area contributed by atoms with Gasteiger partial charge in [-0.3, -0.25) is 4.79 Å². The maximum atomic E-state index is 13.4. The van der Waals surface area contributed by atoms with Crippen molar-refractivity contribution in [3.8, 4) is 5.75 Å². The molecule has 0 saturated carbocycles. The lowest BCUT2D eigenvalue weighted by Gasteiger charge is -2.35. The number of amides is 1. The van der Waals surface area contributed by atoms with Crippen LogP contribution in [0.25, 0.3) is 10.9 Å². The van der Waals surface area contributed by atoms with Crippen molar-refractivity contribution < 1.29 is 24.2 Å². The van der Waals surface area contributed by atoms with E-state index in [2.05, 4.69) is 11.5 Å². The van der Waals surface area contributed by atoms with Gasteiger partial charge in [0, 0.05) is 29.7 Å². The summed E-state index contributed by atoms with van der Waals surface area (Å²) in [5.74, 6) is -0.530. The number of morpholine rings is 1. The number of carbonyl (C=O) groups excluding carboxylic acids is 1. The van der Waals surface area contributed by atoms with E-state index in [0.717, 1.165) is 29.6 Å². The average Bonchev–Trinajstić information content (AvgIpc) is 2.92. The van der Waals surface area contributed by atoms with Crippen molar-refractivity contribution in [3.05, 3.63) is 29.5 Å². The van der Waals surface area contributed by atoms with Crippen molar-refractivity contribution in [2.45, 2.75) is 45.9 Å². The molecule has 0 spiro atoms. The number of rotatable bonds is 5. The first-order valence-corrected chi connectivity index (χ1v) is 9.21. The second-order valence-corrected chi connectivity index (χ2v) is 6.98. The van der Waals surface area contributed by atoms with E-state index < -0.39 is 12.1 Å². The number of aryl methyl sites for hydroxylation is 1. The topological polar surface area (TPSA) is 81.0 Å². The first-order chi connectivity index (χ1) is 12.9. The van der Waals surface area contributed by atoms with Crippen LogP contribution >= 0.6 is 0 Å². The summed E-state index contributed by atoms with van der Waals surface area (Å²) in [5, 5.41) is 10.1. The molecule has 1 saturated heterocycles. The quantitative estimate of drug-likeness (QED) is 0.870. The molecule has 1 aliphatic heterocycles. The van der Waals surface area contributed by atoms with Crippen LogP contribution in [0.4, 0.5) is 0 Å². The van der Waals surface area contributed by atoms with Gasteiger partial charge in [0.05, 0.1) is 25.3 Å². The van der Waals surface area contributed by atoms with Gasteiger partial charge < -0.3 is 24.0 Å².